The average molecular weight is 344 g/mol. The van der Waals surface area contributed by atoms with E-state index in [4.69, 9.17) is 0 Å². The third-order valence-electron chi connectivity index (χ3n) is 4.89. The maximum absolute atomic E-state index is 12.4. The molecule has 134 valence electrons. The van der Waals surface area contributed by atoms with Crippen molar-refractivity contribution in [1.29, 1.82) is 0 Å². The van der Waals surface area contributed by atoms with E-state index in [2.05, 4.69) is 20.5 Å². The lowest BCUT2D eigenvalue weighted by Crippen LogP contribution is -2.47. The molecular formula is C17H24N6O2. The van der Waals surface area contributed by atoms with E-state index in [1.54, 1.807) is 6.20 Å². The monoisotopic (exact) mass is 344 g/mol. The summed E-state index contributed by atoms with van der Waals surface area (Å²) in [5.74, 6) is 0.970. The molecule has 2 aromatic heterocycles. The Morgan fingerprint density at radius 1 is 1.48 bits per heavy atom. The summed E-state index contributed by atoms with van der Waals surface area (Å²) in [6, 6.07) is -0.128. The van der Waals surface area contributed by atoms with Gasteiger partial charge in [0.1, 0.15) is 5.82 Å². The van der Waals surface area contributed by atoms with E-state index in [0.717, 1.165) is 17.9 Å². The molecule has 2 aromatic rings. The Hall–Kier alpha value is -2.64. The van der Waals surface area contributed by atoms with E-state index >= 15 is 0 Å². The lowest BCUT2D eigenvalue weighted by molar-refractivity contribution is -0.139. The number of rotatable bonds is 5. The van der Waals surface area contributed by atoms with Crippen molar-refractivity contribution in [2.45, 2.75) is 32.7 Å². The van der Waals surface area contributed by atoms with E-state index in [1.165, 1.54) is 6.20 Å². The maximum Gasteiger partial charge on any atom is 0.254 e. The van der Waals surface area contributed by atoms with Crippen LogP contribution < -0.4 is 5.32 Å². The van der Waals surface area contributed by atoms with Crippen molar-refractivity contribution in [3.8, 4) is 0 Å². The third kappa shape index (κ3) is 3.29. The zero-order valence-corrected chi connectivity index (χ0v) is 14.8. The Kier molecular flexibility index (Phi) is 4.87. The molecule has 0 spiro atoms. The minimum Gasteiger partial charge on any atom is -0.352 e. The summed E-state index contributed by atoms with van der Waals surface area (Å²) >= 11 is 0. The smallest absolute Gasteiger partial charge is 0.254 e. The SMILES string of the molecule is CCN1C(=O)CC[C@H](CNC(=O)c2cn[nH]c2C)[C@H]1c1nccn1C. The van der Waals surface area contributed by atoms with Crippen molar-refractivity contribution in [2.24, 2.45) is 13.0 Å². The van der Waals surface area contributed by atoms with Gasteiger partial charge in [-0.25, -0.2) is 4.98 Å². The van der Waals surface area contributed by atoms with Crippen LogP contribution in [0.5, 0.6) is 0 Å². The van der Waals surface area contributed by atoms with Gasteiger partial charge in [0, 0.05) is 50.6 Å². The predicted octanol–water partition coefficient (Wildman–Crippen LogP) is 1.18. The highest BCUT2D eigenvalue weighted by molar-refractivity contribution is 5.94. The number of likely N-dealkylation sites (tertiary alicyclic amines) is 1. The number of aromatic nitrogens is 4. The number of hydrogen-bond donors (Lipinski definition) is 2. The summed E-state index contributed by atoms with van der Waals surface area (Å²) in [6.45, 7) is 4.91. The maximum atomic E-state index is 12.4. The normalized spacial score (nSPS) is 20.8. The number of amides is 2. The molecule has 0 bridgehead atoms. The summed E-state index contributed by atoms with van der Waals surface area (Å²) < 4.78 is 1.95. The van der Waals surface area contributed by atoms with Crippen molar-refractivity contribution >= 4 is 11.8 Å². The summed E-state index contributed by atoms with van der Waals surface area (Å²) in [4.78, 5) is 31.0. The van der Waals surface area contributed by atoms with Gasteiger partial charge in [0.15, 0.2) is 0 Å². The standard InChI is InChI=1S/C17H24N6O2/c1-4-23-14(24)6-5-12(15(23)16-18-7-8-22(16)3)9-19-17(25)13-10-20-21-11(13)2/h7-8,10,12,15H,4-6,9H2,1-3H3,(H,19,25)(H,20,21)/t12-,15+/m1/s1. The van der Waals surface area contributed by atoms with Gasteiger partial charge in [0.05, 0.1) is 17.8 Å². The summed E-state index contributed by atoms with van der Waals surface area (Å²) in [6.07, 6.45) is 6.39. The number of carbonyl (C=O) groups is 2. The molecule has 1 saturated heterocycles. The highest BCUT2D eigenvalue weighted by Gasteiger charge is 2.38. The van der Waals surface area contributed by atoms with Crippen LogP contribution in [0.25, 0.3) is 0 Å². The minimum absolute atomic E-state index is 0.120. The van der Waals surface area contributed by atoms with E-state index in [1.807, 2.05) is 36.6 Å². The van der Waals surface area contributed by atoms with Gasteiger partial charge in [-0.1, -0.05) is 0 Å². The van der Waals surface area contributed by atoms with Gasteiger partial charge in [-0.15, -0.1) is 0 Å². The second-order valence-corrected chi connectivity index (χ2v) is 6.44. The lowest BCUT2D eigenvalue weighted by Gasteiger charge is -2.40. The Bertz CT molecular complexity index is 765. The van der Waals surface area contributed by atoms with Crippen LogP contribution in [0.4, 0.5) is 0 Å². The lowest BCUT2D eigenvalue weighted by atomic mass is 9.87. The van der Waals surface area contributed by atoms with Gasteiger partial charge in [-0.3, -0.25) is 14.7 Å². The van der Waals surface area contributed by atoms with Crippen LogP contribution in [-0.2, 0) is 11.8 Å². The molecule has 3 rings (SSSR count). The second kappa shape index (κ2) is 7.08. The van der Waals surface area contributed by atoms with Gasteiger partial charge >= 0.3 is 0 Å². The number of carbonyl (C=O) groups excluding carboxylic acids is 2. The first kappa shape index (κ1) is 17.2. The summed E-state index contributed by atoms with van der Waals surface area (Å²) in [7, 11) is 1.93. The highest BCUT2D eigenvalue weighted by Crippen LogP contribution is 2.35. The van der Waals surface area contributed by atoms with Crippen LogP contribution >= 0.6 is 0 Å². The van der Waals surface area contributed by atoms with Crippen LogP contribution in [0.15, 0.2) is 18.6 Å². The molecule has 8 heteroatoms. The fraction of sp³-hybridized carbons (Fsp3) is 0.529. The predicted molar refractivity (Wildman–Crippen MR) is 91.7 cm³/mol. The average Bonchev–Trinajstić information content (AvgIpc) is 3.21. The topological polar surface area (TPSA) is 95.9 Å². The first-order valence-corrected chi connectivity index (χ1v) is 8.57. The second-order valence-electron chi connectivity index (χ2n) is 6.44. The number of hydrogen-bond acceptors (Lipinski definition) is 4. The molecule has 25 heavy (non-hydrogen) atoms. The molecule has 1 aliphatic heterocycles. The Labute approximate surface area is 146 Å². The van der Waals surface area contributed by atoms with Crippen LogP contribution in [0.1, 0.15) is 47.7 Å². The van der Waals surface area contributed by atoms with Crippen molar-refractivity contribution < 1.29 is 9.59 Å². The van der Waals surface area contributed by atoms with Gasteiger partial charge in [-0.05, 0) is 20.3 Å². The Balaban J connectivity index is 1.78. The number of aryl methyl sites for hydroxylation is 2. The third-order valence-corrected chi connectivity index (χ3v) is 4.89. The number of nitrogens with zero attached hydrogens (tertiary/aromatic N) is 4. The molecule has 0 radical (unpaired) electrons. The zero-order valence-electron chi connectivity index (χ0n) is 14.8. The fourth-order valence-corrected chi connectivity index (χ4v) is 3.52. The number of H-pyrrole nitrogens is 1. The highest BCUT2D eigenvalue weighted by atomic mass is 16.2. The van der Waals surface area contributed by atoms with E-state index in [9.17, 15) is 9.59 Å². The van der Waals surface area contributed by atoms with Crippen molar-refractivity contribution in [2.75, 3.05) is 13.1 Å². The Morgan fingerprint density at radius 3 is 2.88 bits per heavy atom. The fourth-order valence-electron chi connectivity index (χ4n) is 3.52. The number of piperidine rings is 1. The quantitative estimate of drug-likeness (QED) is 0.851. The van der Waals surface area contributed by atoms with Crippen LogP contribution in [0.3, 0.4) is 0 Å². The molecular weight excluding hydrogens is 320 g/mol. The van der Waals surface area contributed by atoms with E-state index < -0.39 is 0 Å². The molecule has 2 amide bonds. The molecule has 0 unspecified atom stereocenters. The first-order valence-electron chi connectivity index (χ1n) is 8.57. The molecule has 2 atom stereocenters. The number of nitrogens with one attached hydrogen (secondary N) is 2. The van der Waals surface area contributed by atoms with Gasteiger partial charge in [0.25, 0.3) is 5.91 Å². The Morgan fingerprint density at radius 2 is 2.28 bits per heavy atom. The molecule has 1 fully saturated rings. The van der Waals surface area contributed by atoms with Crippen molar-refractivity contribution in [1.82, 2.24) is 30.0 Å². The molecule has 8 nitrogen and oxygen atoms in total. The largest absolute Gasteiger partial charge is 0.352 e. The van der Waals surface area contributed by atoms with E-state index in [0.29, 0.717) is 25.1 Å². The first-order chi connectivity index (χ1) is 12.0. The van der Waals surface area contributed by atoms with Crippen LogP contribution in [0.2, 0.25) is 0 Å². The number of imidazole rings is 1. The molecule has 1 aliphatic rings. The molecule has 0 aliphatic carbocycles. The molecule has 2 N–H and O–H groups in total. The minimum atomic E-state index is -0.148. The van der Waals surface area contributed by atoms with Crippen molar-refractivity contribution in [3.63, 3.8) is 0 Å². The van der Waals surface area contributed by atoms with Gasteiger partial charge in [-0.2, -0.15) is 5.10 Å². The zero-order chi connectivity index (χ0) is 18.0. The van der Waals surface area contributed by atoms with Crippen molar-refractivity contribution in [3.05, 3.63) is 35.7 Å². The summed E-state index contributed by atoms with van der Waals surface area (Å²) in [5, 5.41) is 9.65. The van der Waals surface area contributed by atoms with Gasteiger partial charge < -0.3 is 14.8 Å². The summed E-state index contributed by atoms with van der Waals surface area (Å²) in [5.41, 5.74) is 1.29. The number of aromatic amines is 1. The molecule has 0 aromatic carbocycles. The molecule has 3 heterocycles. The molecule has 0 saturated carbocycles. The van der Waals surface area contributed by atoms with Gasteiger partial charge in [0.2, 0.25) is 5.91 Å². The van der Waals surface area contributed by atoms with Crippen LogP contribution in [0, 0.1) is 12.8 Å². The van der Waals surface area contributed by atoms with E-state index in [-0.39, 0.29) is 23.8 Å². The van der Waals surface area contributed by atoms with Crippen LogP contribution in [-0.4, -0.2) is 49.6 Å².